The fourth-order valence-corrected chi connectivity index (χ4v) is 2.52. The van der Waals surface area contributed by atoms with Gasteiger partial charge in [-0.05, 0) is 31.4 Å². The molecule has 0 radical (unpaired) electrons. The molecule has 88 valence electrons. The molecule has 2 heteroatoms. The highest BCUT2D eigenvalue weighted by Crippen LogP contribution is 2.36. The Morgan fingerprint density at radius 3 is 2.56 bits per heavy atom. The van der Waals surface area contributed by atoms with Crippen molar-refractivity contribution in [1.82, 2.24) is 4.90 Å². The maximum Gasteiger partial charge on any atom is 0.120 e. The van der Waals surface area contributed by atoms with Crippen LogP contribution in [0.3, 0.4) is 0 Å². The van der Waals surface area contributed by atoms with E-state index in [0.29, 0.717) is 17.2 Å². The van der Waals surface area contributed by atoms with Crippen LogP contribution in [-0.2, 0) is 0 Å². The van der Waals surface area contributed by atoms with Crippen molar-refractivity contribution in [3.63, 3.8) is 0 Å². The zero-order chi connectivity index (χ0) is 11.8. The van der Waals surface area contributed by atoms with E-state index in [1.807, 2.05) is 18.2 Å². The van der Waals surface area contributed by atoms with Crippen LogP contribution in [0.15, 0.2) is 24.3 Å². The summed E-state index contributed by atoms with van der Waals surface area (Å²) in [7, 11) is 0. The highest BCUT2D eigenvalue weighted by molar-refractivity contribution is 5.34. The van der Waals surface area contributed by atoms with Crippen LogP contribution in [0.1, 0.15) is 38.8 Å². The van der Waals surface area contributed by atoms with Crippen LogP contribution in [0.5, 0.6) is 5.75 Å². The van der Waals surface area contributed by atoms with Crippen LogP contribution >= 0.6 is 0 Å². The van der Waals surface area contributed by atoms with Gasteiger partial charge >= 0.3 is 0 Å². The zero-order valence-corrected chi connectivity index (χ0v) is 10.4. The van der Waals surface area contributed by atoms with Gasteiger partial charge in [-0.3, -0.25) is 4.90 Å². The third kappa shape index (κ3) is 2.22. The number of nitrogens with zero attached hydrogens (tertiary/aromatic N) is 1. The second kappa shape index (κ2) is 4.10. The number of hydrogen-bond donors (Lipinski definition) is 1. The Morgan fingerprint density at radius 1 is 1.31 bits per heavy atom. The van der Waals surface area contributed by atoms with Gasteiger partial charge in [-0.15, -0.1) is 0 Å². The molecule has 16 heavy (non-hydrogen) atoms. The summed E-state index contributed by atoms with van der Waals surface area (Å²) in [6.07, 6.45) is 1.24. The van der Waals surface area contributed by atoms with Crippen LogP contribution in [0.25, 0.3) is 0 Å². The van der Waals surface area contributed by atoms with E-state index in [9.17, 15) is 5.11 Å². The average molecular weight is 219 g/mol. The largest absolute Gasteiger partial charge is 0.508 e. The molecular formula is C14H21NO. The monoisotopic (exact) mass is 219 g/mol. The average Bonchev–Trinajstić information content (AvgIpc) is 2.59. The van der Waals surface area contributed by atoms with Crippen LogP contribution in [0.4, 0.5) is 0 Å². The first-order chi connectivity index (χ1) is 7.49. The maximum atomic E-state index is 9.84. The van der Waals surface area contributed by atoms with Crippen molar-refractivity contribution >= 4 is 0 Å². The van der Waals surface area contributed by atoms with Gasteiger partial charge in [0.15, 0.2) is 0 Å². The molecule has 1 aromatic rings. The van der Waals surface area contributed by atoms with Crippen molar-refractivity contribution in [2.24, 2.45) is 5.41 Å². The fourth-order valence-electron chi connectivity index (χ4n) is 2.52. The molecule has 0 aliphatic carbocycles. The number of phenolic OH excluding ortho intramolecular Hbond substituents is 1. The van der Waals surface area contributed by atoms with Gasteiger partial charge in [-0.25, -0.2) is 0 Å². The predicted octanol–water partition coefficient (Wildman–Crippen LogP) is 3.19. The minimum absolute atomic E-state index is 0.308. The molecule has 2 rings (SSSR count). The van der Waals surface area contributed by atoms with Crippen molar-refractivity contribution in [2.75, 3.05) is 13.1 Å². The second-order valence-electron chi connectivity index (χ2n) is 5.62. The van der Waals surface area contributed by atoms with Gasteiger partial charge in [0.2, 0.25) is 0 Å². The summed E-state index contributed by atoms with van der Waals surface area (Å²) < 4.78 is 0. The number of phenols is 1. The summed E-state index contributed by atoms with van der Waals surface area (Å²) >= 11 is 0. The van der Waals surface area contributed by atoms with E-state index in [-0.39, 0.29) is 0 Å². The molecule has 1 unspecified atom stereocenters. The summed E-state index contributed by atoms with van der Waals surface area (Å²) in [5.41, 5.74) is 1.46. The molecule has 1 fully saturated rings. The molecule has 1 atom stereocenters. The lowest BCUT2D eigenvalue weighted by Gasteiger charge is -2.26. The Labute approximate surface area is 97.9 Å². The lowest BCUT2D eigenvalue weighted by atomic mass is 9.93. The molecule has 0 bridgehead atoms. The third-order valence-corrected chi connectivity index (χ3v) is 3.64. The predicted molar refractivity (Wildman–Crippen MR) is 66.5 cm³/mol. The van der Waals surface area contributed by atoms with Gasteiger partial charge in [-0.1, -0.05) is 32.0 Å². The standard InChI is InChI=1S/C14H21NO/c1-11(12-6-4-5-7-13(12)16)15-9-8-14(2,3)10-15/h4-7,11,16H,8-10H2,1-3H3. The molecule has 0 amide bonds. The molecule has 1 aromatic carbocycles. The van der Waals surface area contributed by atoms with E-state index in [4.69, 9.17) is 0 Å². The Balaban J connectivity index is 2.15. The van der Waals surface area contributed by atoms with Gasteiger partial charge in [0.25, 0.3) is 0 Å². The molecule has 1 aliphatic heterocycles. The van der Waals surface area contributed by atoms with E-state index < -0.39 is 0 Å². The minimum atomic E-state index is 0.308. The number of aromatic hydroxyl groups is 1. The first-order valence-corrected chi connectivity index (χ1v) is 6.01. The first kappa shape index (κ1) is 11.5. The summed E-state index contributed by atoms with van der Waals surface area (Å²) in [4.78, 5) is 2.45. The second-order valence-corrected chi connectivity index (χ2v) is 5.62. The zero-order valence-electron chi connectivity index (χ0n) is 10.4. The SMILES string of the molecule is CC(c1ccccc1O)N1CCC(C)(C)C1. The van der Waals surface area contributed by atoms with Crippen LogP contribution in [-0.4, -0.2) is 23.1 Å². The highest BCUT2D eigenvalue weighted by atomic mass is 16.3. The summed E-state index contributed by atoms with van der Waals surface area (Å²) in [5.74, 6) is 0.416. The van der Waals surface area contributed by atoms with Crippen LogP contribution in [0, 0.1) is 5.41 Å². The number of rotatable bonds is 2. The Bertz CT molecular complexity index is 373. The van der Waals surface area contributed by atoms with E-state index >= 15 is 0 Å². The summed E-state index contributed by atoms with van der Waals surface area (Å²) in [5, 5.41) is 9.84. The lowest BCUT2D eigenvalue weighted by Crippen LogP contribution is -2.26. The van der Waals surface area contributed by atoms with Crippen molar-refractivity contribution < 1.29 is 5.11 Å². The molecule has 1 saturated heterocycles. The van der Waals surface area contributed by atoms with Gasteiger partial charge in [0.1, 0.15) is 5.75 Å². The van der Waals surface area contributed by atoms with Crippen molar-refractivity contribution in [3.8, 4) is 5.75 Å². The van der Waals surface area contributed by atoms with Crippen molar-refractivity contribution in [3.05, 3.63) is 29.8 Å². The number of benzene rings is 1. The van der Waals surface area contributed by atoms with Crippen molar-refractivity contribution in [2.45, 2.75) is 33.2 Å². The quantitative estimate of drug-likeness (QED) is 0.825. The summed E-state index contributed by atoms with van der Waals surface area (Å²) in [6.45, 7) is 9.04. The third-order valence-electron chi connectivity index (χ3n) is 3.64. The highest BCUT2D eigenvalue weighted by Gasteiger charge is 2.32. The molecule has 1 N–H and O–H groups in total. The minimum Gasteiger partial charge on any atom is -0.508 e. The molecule has 2 nitrogen and oxygen atoms in total. The smallest absolute Gasteiger partial charge is 0.120 e. The summed E-state index contributed by atoms with van der Waals surface area (Å²) in [6, 6.07) is 7.97. The van der Waals surface area contributed by atoms with E-state index in [1.165, 1.54) is 6.42 Å². The molecule has 0 spiro atoms. The first-order valence-electron chi connectivity index (χ1n) is 6.01. The van der Waals surface area contributed by atoms with Gasteiger partial charge in [0, 0.05) is 18.2 Å². The molecule has 0 saturated carbocycles. The Morgan fingerprint density at radius 2 is 2.00 bits per heavy atom. The number of para-hydroxylation sites is 1. The van der Waals surface area contributed by atoms with Gasteiger partial charge in [-0.2, -0.15) is 0 Å². The normalized spacial score (nSPS) is 22.2. The Kier molecular flexibility index (Phi) is 2.94. The fraction of sp³-hybridized carbons (Fsp3) is 0.571. The van der Waals surface area contributed by atoms with Crippen molar-refractivity contribution in [1.29, 1.82) is 0 Å². The van der Waals surface area contributed by atoms with Crippen LogP contribution in [0.2, 0.25) is 0 Å². The molecule has 1 aliphatic rings. The molecular weight excluding hydrogens is 198 g/mol. The van der Waals surface area contributed by atoms with E-state index in [0.717, 1.165) is 18.7 Å². The van der Waals surface area contributed by atoms with Crippen LogP contribution < -0.4 is 0 Å². The maximum absolute atomic E-state index is 9.84. The topological polar surface area (TPSA) is 23.5 Å². The molecule has 1 heterocycles. The molecule has 0 aromatic heterocycles. The lowest BCUT2D eigenvalue weighted by molar-refractivity contribution is 0.229. The van der Waals surface area contributed by atoms with E-state index in [1.54, 1.807) is 6.07 Å². The van der Waals surface area contributed by atoms with Gasteiger partial charge < -0.3 is 5.11 Å². The van der Waals surface area contributed by atoms with E-state index in [2.05, 4.69) is 25.7 Å². The van der Waals surface area contributed by atoms with Gasteiger partial charge in [0.05, 0.1) is 0 Å². The number of likely N-dealkylation sites (tertiary alicyclic amines) is 1. The Hall–Kier alpha value is -1.02. The number of hydrogen-bond acceptors (Lipinski definition) is 2.